The molecular formula is C27H20F6O2. The lowest BCUT2D eigenvalue weighted by molar-refractivity contribution is 0.395. The van der Waals surface area contributed by atoms with Crippen LogP contribution in [0.4, 0.5) is 26.3 Å². The highest BCUT2D eigenvalue weighted by atomic mass is 19.2. The van der Waals surface area contributed by atoms with Gasteiger partial charge in [0.15, 0.2) is 34.8 Å². The van der Waals surface area contributed by atoms with Crippen LogP contribution in [0, 0.1) is 41.8 Å². The van der Waals surface area contributed by atoms with Gasteiger partial charge >= 0.3 is 0 Å². The average molecular weight is 490 g/mol. The third kappa shape index (κ3) is 3.96. The van der Waals surface area contributed by atoms with Gasteiger partial charge in [-0.3, -0.25) is 0 Å². The minimum atomic E-state index is -1.99. The van der Waals surface area contributed by atoms with Crippen LogP contribution in [0.15, 0.2) is 48.5 Å². The van der Waals surface area contributed by atoms with Gasteiger partial charge in [-0.1, -0.05) is 38.1 Å². The molecule has 0 bridgehead atoms. The molecule has 0 aliphatic rings. The largest absolute Gasteiger partial charge is 0.497 e. The molecule has 182 valence electrons. The van der Waals surface area contributed by atoms with Gasteiger partial charge in [0.1, 0.15) is 11.5 Å². The Labute approximate surface area is 197 Å². The fraction of sp³-hybridized carbons (Fsp3) is 0.185. The molecule has 4 rings (SSSR count). The molecular weight excluding hydrogens is 470 g/mol. The van der Waals surface area contributed by atoms with E-state index < -0.39 is 62.4 Å². The number of hydrogen-bond donors (Lipinski definition) is 0. The molecule has 0 unspecified atom stereocenters. The molecule has 4 aromatic rings. The van der Waals surface area contributed by atoms with Crippen LogP contribution in [0.25, 0.3) is 10.8 Å². The minimum absolute atomic E-state index is 0.0488. The van der Waals surface area contributed by atoms with Gasteiger partial charge < -0.3 is 9.47 Å². The number of aryl methyl sites for hydroxylation is 1. The molecule has 0 heterocycles. The predicted octanol–water partition coefficient (Wildman–Crippen LogP) is 8.11. The Kier molecular flexibility index (Phi) is 6.17. The van der Waals surface area contributed by atoms with Gasteiger partial charge in [0.25, 0.3) is 0 Å². The Bertz CT molecular complexity index is 1420. The standard InChI is InChI=1S/C27H20F6O2/c1-13-18-19(22(30)23(31)20(13)28)26(25(33)24(32)21(18)29)35-17-11-7-15(8-12-17)27(2,3)14-5-9-16(34-4)10-6-14/h5-12H,1-4H3. The molecule has 0 radical (unpaired) electrons. The molecule has 0 atom stereocenters. The maximum atomic E-state index is 14.6. The molecule has 35 heavy (non-hydrogen) atoms. The van der Waals surface area contributed by atoms with Crippen LogP contribution < -0.4 is 9.47 Å². The maximum absolute atomic E-state index is 14.6. The highest BCUT2D eigenvalue weighted by molar-refractivity contribution is 5.93. The van der Waals surface area contributed by atoms with E-state index in [9.17, 15) is 26.3 Å². The Hall–Kier alpha value is -3.68. The lowest BCUT2D eigenvalue weighted by Crippen LogP contribution is -2.18. The molecule has 0 spiro atoms. The van der Waals surface area contributed by atoms with Crippen molar-refractivity contribution in [3.8, 4) is 17.2 Å². The first-order valence-corrected chi connectivity index (χ1v) is 10.5. The van der Waals surface area contributed by atoms with Crippen molar-refractivity contribution in [3.05, 3.63) is 100 Å². The second-order valence-corrected chi connectivity index (χ2v) is 8.57. The average Bonchev–Trinajstić information content (AvgIpc) is 2.86. The molecule has 0 saturated heterocycles. The topological polar surface area (TPSA) is 18.5 Å². The summed E-state index contributed by atoms with van der Waals surface area (Å²) >= 11 is 0. The van der Waals surface area contributed by atoms with Gasteiger partial charge in [-0.25, -0.2) is 22.0 Å². The smallest absolute Gasteiger partial charge is 0.205 e. The SMILES string of the molecule is COc1ccc(C(C)(C)c2ccc(Oc3c(F)c(F)c(F)c4c(C)c(F)c(F)c(F)c34)cc2)cc1. The van der Waals surface area contributed by atoms with Gasteiger partial charge in [-0.2, -0.15) is 4.39 Å². The second kappa shape index (κ2) is 8.83. The zero-order chi connectivity index (χ0) is 25.7. The van der Waals surface area contributed by atoms with E-state index in [1.165, 1.54) is 12.1 Å². The van der Waals surface area contributed by atoms with E-state index in [0.717, 1.165) is 18.1 Å². The molecule has 0 fully saturated rings. The van der Waals surface area contributed by atoms with Crippen LogP contribution in [-0.2, 0) is 5.41 Å². The summed E-state index contributed by atoms with van der Waals surface area (Å²) in [5.74, 6) is -11.6. The van der Waals surface area contributed by atoms with Crippen LogP contribution in [-0.4, -0.2) is 7.11 Å². The van der Waals surface area contributed by atoms with Crippen molar-refractivity contribution in [1.29, 1.82) is 0 Å². The fourth-order valence-electron chi connectivity index (χ4n) is 4.01. The summed E-state index contributed by atoms with van der Waals surface area (Å²) in [6.45, 7) is 4.88. The summed E-state index contributed by atoms with van der Waals surface area (Å²) < 4.78 is 96.5. The first-order valence-electron chi connectivity index (χ1n) is 10.5. The lowest BCUT2D eigenvalue weighted by atomic mass is 9.78. The normalized spacial score (nSPS) is 11.7. The zero-order valence-corrected chi connectivity index (χ0v) is 19.2. The van der Waals surface area contributed by atoms with Gasteiger partial charge in [0, 0.05) is 10.8 Å². The second-order valence-electron chi connectivity index (χ2n) is 8.57. The fourth-order valence-corrected chi connectivity index (χ4v) is 4.01. The van der Waals surface area contributed by atoms with E-state index in [1.54, 1.807) is 19.2 Å². The van der Waals surface area contributed by atoms with Crippen LogP contribution >= 0.6 is 0 Å². The van der Waals surface area contributed by atoms with E-state index in [0.29, 0.717) is 5.75 Å². The van der Waals surface area contributed by atoms with E-state index in [2.05, 4.69) is 0 Å². The summed E-state index contributed by atoms with van der Waals surface area (Å²) in [5.41, 5.74) is 0.631. The first kappa shape index (κ1) is 24.4. The van der Waals surface area contributed by atoms with Crippen molar-refractivity contribution in [2.75, 3.05) is 7.11 Å². The van der Waals surface area contributed by atoms with Crippen LogP contribution in [0.5, 0.6) is 17.2 Å². The monoisotopic (exact) mass is 490 g/mol. The zero-order valence-electron chi connectivity index (χ0n) is 19.2. The molecule has 0 amide bonds. The third-order valence-electron chi connectivity index (χ3n) is 6.20. The molecule has 8 heteroatoms. The Morgan fingerprint density at radius 2 is 1.03 bits per heavy atom. The number of fused-ring (bicyclic) bond motifs is 1. The predicted molar refractivity (Wildman–Crippen MR) is 120 cm³/mol. The molecule has 0 aromatic heterocycles. The lowest BCUT2D eigenvalue weighted by Gasteiger charge is -2.26. The Morgan fingerprint density at radius 1 is 0.571 bits per heavy atom. The Balaban J connectivity index is 1.77. The van der Waals surface area contributed by atoms with Crippen LogP contribution in [0.1, 0.15) is 30.5 Å². The van der Waals surface area contributed by atoms with Crippen molar-refractivity contribution >= 4 is 10.8 Å². The minimum Gasteiger partial charge on any atom is -0.497 e. The maximum Gasteiger partial charge on any atom is 0.205 e. The highest BCUT2D eigenvalue weighted by Gasteiger charge is 2.30. The summed E-state index contributed by atoms with van der Waals surface area (Å²) in [4.78, 5) is 0. The number of methoxy groups -OCH3 is 1. The van der Waals surface area contributed by atoms with Crippen LogP contribution in [0.2, 0.25) is 0 Å². The molecule has 2 nitrogen and oxygen atoms in total. The van der Waals surface area contributed by atoms with Gasteiger partial charge in [-0.15, -0.1) is 0 Å². The van der Waals surface area contributed by atoms with Crippen molar-refractivity contribution in [3.63, 3.8) is 0 Å². The van der Waals surface area contributed by atoms with E-state index in [1.807, 2.05) is 38.1 Å². The number of benzene rings is 4. The summed E-state index contributed by atoms with van der Waals surface area (Å²) in [6, 6.07) is 13.7. The van der Waals surface area contributed by atoms with Crippen molar-refractivity contribution in [2.45, 2.75) is 26.2 Å². The molecule has 0 aliphatic heterocycles. The number of halogens is 6. The Morgan fingerprint density at radius 3 is 1.54 bits per heavy atom. The quantitative estimate of drug-likeness (QED) is 0.208. The van der Waals surface area contributed by atoms with Crippen LogP contribution in [0.3, 0.4) is 0 Å². The van der Waals surface area contributed by atoms with Gasteiger partial charge in [0.05, 0.1) is 12.5 Å². The summed E-state index contributed by atoms with van der Waals surface area (Å²) in [6.07, 6.45) is 0. The molecule has 0 N–H and O–H groups in total. The molecule has 4 aromatic carbocycles. The third-order valence-corrected chi connectivity index (χ3v) is 6.20. The first-order chi connectivity index (χ1) is 16.5. The van der Waals surface area contributed by atoms with Crippen molar-refractivity contribution in [2.24, 2.45) is 0 Å². The van der Waals surface area contributed by atoms with Crippen molar-refractivity contribution < 1.29 is 35.8 Å². The van der Waals surface area contributed by atoms with E-state index in [-0.39, 0.29) is 5.75 Å². The molecule has 0 aliphatic carbocycles. The summed E-state index contributed by atoms with van der Waals surface area (Å²) in [7, 11) is 1.57. The van der Waals surface area contributed by atoms with E-state index in [4.69, 9.17) is 9.47 Å². The van der Waals surface area contributed by atoms with Gasteiger partial charge in [0.2, 0.25) is 5.82 Å². The number of hydrogen-bond acceptors (Lipinski definition) is 2. The highest BCUT2D eigenvalue weighted by Crippen LogP contribution is 2.41. The van der Waals surface area contributed by atoms with Crippen molar-refractivity contribution in [1.82, 2.24) is 0 Å². The van der Waals surface area contributed by atoms with E-state index >= 15 is 0 Å². The summed E-state index contributed by atoms with van der Waals surface area (Å²) in [5, 5.41) is -1.96. The number of rotatable bonds is 5. The van der Waals surface area contributed by atoms with Gasteiger partial charge in [-0.05, 0) is 47.9 Å². The molecule has 0 saturated carbocycles. The number of ether oxygens (including phenoxy) is 2.